The van der Waals surface area contributed by atoms with Crippen molar-refractivity contribution < 1.29 is 4.79 Å². The minimum atomic E-state index is -0.148. The van der Waals surface area contributed by atoms with Crippen molar-refractivity contribution >= 4 is 29.1 Å². The molecule has 1 N–H and O–H groups in total. The summed E-state index contributed by atoms with van der Waals surface area (Å²) in [5.74, 6) is -0.148. The number of amides is 1. The molecule has 0 saturated heterocycles. The van der Waals surface area contributed by atoms with Crippen molar-refractivity contribution in [3.8, 4) is 0 Å². The Hall–Kier alpha value is -1.51. The molecule has 2 aromatic carbocycles. The van der Waals surface area contributed by atoms with Crippen LogP contribution in [-0.4, -0.2) is 5.91 Å². The molecule has 0 saturated carbocycles. The molecule has 19 heavy (non-hydrogen) atoms. The molecule has 2 nitrogen and oxygen atoms in total. The van der Waals surface area contributed by atoms with Crippen LogP contribution in [0.15, 0.2) is 48.5 Å². The Kier molecular flexibility index (Phi) is 4.46. The largest absolute Gasteiger partial charge is 0.346 e. The number of rotatable bonds is 3. The molecule has 4 heteroatoms. The third kappa shape index (κ3) is 3.72. The standard InChI is InChI=1S/C15H13Cl2NO/c1-10(11-5-7-13(16)8-6-11)18-15(19)12-3-2-4-14(17)9-12/h2-10H,1H3,(H,18,19). The molecule has 0 aromatic heterocycles. The van der Waals surface area contributed by atoms with Crippen LogP contribution in [0.25, 0.3) is 0 Å². The summed E-state index contributed by atoms with van der Waals surface area (Å²) in [6.07, 6.45) is 0. The van der Waals surface area contributed by atoms with Crippen LogP contribution < -0.4 is 5.32 Å². The molecule has 0 radical (unpaired) electrons. The third-order valence-corrected chi connectivity index (χ3v) is 3.29. The first-order chi connectivity index (χ1) is 9.06. The molecule has 1 atom stereocenters. The number of carbonyl (C=O) groups excluding carboxylic acids is 1. The molecule has 0 aliphatic carbocycles. The smallest absolute Gasteiger partial charge is 0.251 e. The predicted octanol–water partition coefficient (Wildman–Crippen LogP) is 4.48. The van der Waals surface area contributed by atoms with Crippen LogP contribution in [0.4, 0.5) is 0 Å². The van der Waals surface area contributed by atoms with E-state index in [-0.39, 0.29) is 11.9 Å². The van der Waals surface area contributed by atoms with Crippen LogP contribution in [0, 0.1) is 0 Å². The molecular weight excluding hydrogens is 281 g/mol. The monoisotopic (exact) mass is 293 g/mol. The van der Waals surface area contributed by atoms with Gasteiger partial charge in [-0.1, -0.05) is 41.4 Å². The van der Waals surface area contributed by atoms with Crippen molar-refractivity contribution in [2.24, 2.45) is 0 Å². The zero-order valence-electron chi connectivity index (χ0n) is 10.4. The minimum Gasteiger partial charge on any atom is -0.346 e. The van der Waals surface area contributed by atoms with Gasteiger partial charge in [0.2, 0.25) is 0 Å². The Morgan fingerprint density at radius 3 is 2.37 bits per heavy atom. The average Bonchev–Trinajstić information content (AvgIpc) is 2.39. The van der Waals surface area contributed by atoms with E-state index in [1.54, 1.807) is 36.4 Å². The Morgan fingerprint density at radius 2 is 1.74 bits per heavy atom. The number of hydrogen-bond acceptors (Lipinski definition) is 1. The summed E-state index contributed by atoms with van der Waals surface area (Å²) in [5, 5.41) is 4.14. The summed E-state index contributed by atoms with van der Waals surface area (Å²) in [7, 11) is 0. The quantitative estimate of drug-likeness (QED) is 0.888. The van der Waals surface area contributed by atoms with E-state index in [2.05, 4.69) is 5.32 Å². The lowest BCUT2D eigenvalue weighted by molar-refractivity contribution is 0.0940. The number of benzene rings is 2. The molecule has 0 spiro atoms. The number of nitrogens with one attached hydrogen (secondary N) is 1. The summed E-state index contributed by atoms with van der Waals surface area (Å²) < 4.78 is 0. The van der Waals surface area contributed by atoms with Gasteiger partial charge in [-0.25, -0.2) is 0 Å². The van der Waals surface area contributed by atoms with Crippen molar-refractivity contribution in [3.63, 3.8) is 0 Å². The molecule has 0 bridgehead atoms. The van der Waals surface area contributed by atoms with Gasteiger partial charge in [-0.3, -0.25) is 4.79 Å². The van der Waals surface area contributed by atoms with E-state index in [1.807, 2.05) is 19.1 Å². The molecule has 2 aromatic rings. The first-order valence-electron chi connectivity index (χ1n) is 5.88. The van der Waals surface area contributed by atoms with Gasteiger partial charge in [0, 0.05) is 15.6 Å². The molecule has 98 valence electrons. The van der Waals surface area contributed by atoms with Crippen LogP contribution in [0.2, 0.25) is 10.0 Å². The van der Waals surface area contributed by atoms with E-state index in [0.717, 1.165) is 5.56 Å². The highest BCUT2D eigenvalue weighted by atomic mass is 35.5. The van der Waals surface area contributed by atoms with Crippen LogP contribution in [0.1, 0.15) is 28.9 Å². The number of halogens is 2. The molecule has 0 aliphatic rings. The van der Waals surface area contributed by atoms with E-state index in [0.29, 0.717) is 15.6 Å². The van der Waals surface area contributed by atoms with Crippen LogP contribution in [0.3, 0.4) is 0 Å². The average molecular weight is 294 g/mol. The van der Waals surface area contributed by atoms with Gasteiger partial charge in [-0.15, -0.1) is 0 Å². The summed E-state index contributed by atoms with van der Waals surface area (Å²) in [6.45, 7) is 1.92. The molecule has 0 fully saturated rings. The first kappa shape index (κ1) is 13.9. The molecular formula is C15H13Cl2NO. The van der Waals surface area contributed by atoms with Gasteiger partial charge in [0.05, 0.1) is 6.04 Å². The maximum atomic E-state index is 12.1. The lowest BCUT2D eigenvalue weighted by Gasteiger charge is -2.14. The Labute approximate surface area is 122 Å². The van der Waals surface area contributed by atoms with Crippen molar-refractivity contribution in [2.75, 3.05) is 0 Å². The Morgan fingerprint density at radius 1 is 1.05 bits per heavy atom. The van der Waals surface area contributed by atoms with E-state index >= 15 is 0 Å². The second kappa shape index (κ2) is 6.09. The maximum absolute atomic E-state index is 12.1. The lowest BCUT2D eigenvalue weighted by Crippen LogP contribution is -2.26. The fourth-order valence-electron chi connectivity index (χ4n) is 1.74. The van der Waals surface area contributed by atoms with Crippen LogP contribution in [0.5, 0.6) is 0 Å². The number of carbonyl (C=O) groups is 1. The number of hydrogen-bond donors (Lipinski definition) is 1. The van der Waals surface area contributed by atoms with E-state index in [4.69, 9.17) is 23.2 Å². The Bertz CT molecular complexity index is 581. The van der Waals surface area contributed by atoms with Crippen molar-refractivity contribution in [2.45, 2.75) is 13.0 Å². The zero-order chi connectivity index (χ0) is 13.8. The van der Waals surface area contributed by atoms with Gasteiger partial charge >= 0.3 is 0 Å². The van der Waals surface area contributed by atoms with Crippen molar-refractivity contribution in [1.29, 1.82) is 0 Å². The topological polar surface area (TPSA) is 29.1 Å². The first-order valence-corrected chi connectivity index (χ1v) is 6.64. The summed E-state index contributed by atoms with van der Waals surface area (Å²) in [4.78, 5) is 12.1. The van der Waals surface area contributed by atoms with Gasteiger partial charge in [-0.2, -0.15) is 0 Å². The van der Waals surface area contributed by atoms with E-state index in [9.17, 15) is 4.79 Å². The highest BCUT2D eigenvalue weighted by Gasteiger charge is 2.11. The SMILES string of the molecule is CC(NC(=O)c1cccc(Cl)c1)c1ccc(Cl)cc1. The van der Waals surface area contributed by atoms with Gasteiger partial charge < -0.3 is 5.32 Å². The maximum Gasteiger partial charge on any atom is 0.251 e. The van der Waals surface area contributed by atoms with E-state index in [1.165, 1.54) is 0 Å². The van der Waals surface area contributed by atoms with Gasteiger partial charge in [0.1, 0.15) is 0 Å². The molecule has 1 unspecified atom stereocenters. The molecule has 2 rings (SSSR count). The second-order valence-corrected chi connectivity index (χ2v) is 5.13. The normalized spacial score (nSPS) is 11.9. The van der Waals surface area contributed by atoms with E-state index < -0.39 is 0 Å². The fraction of sp³-hybridized carbons (Fsp3) is 0.133. The van der Waals surface area contributed by atoms with Gasteiger partial charge in [0.15, 0.2) is 0 Å². The Balaban J connectivity index is 2.08. The zero-order valence-corrected chi connectivity index (χ0v) is 11.9. The lowest BCUT2D eigenvalue weighted by atomic mass is 10.1. The van der Waals surface area contributed by atoms with Crippen LogP contribution >= 0.6 is 23.2 Å². The highest BCUT2D eigenvalue weighted by molar-refractivity contribution is 6.31. The molecule has 0 heterocycles. The second-order valence-electron chi connectivity index (χ2n) is 4.26. The molecule has 1 amide bonds. The van der Waals surface area contributed by atoms with Crippen LogP contribution in [-0.2, 0) is 0 Å². The summed E-state index contributed by atoms with van der Waals surface area (Å²) in [6, 6.07) is 14.2. The van der Waals surface area contributed by atoms with Gasteiger partial charge in [-0.05, 0) is 42.8 Å². The molecule has 0 aliphatic heterocycles. The van der Waals surface area contributed by atoms with Gasteiger partial charge in [0.25, 0.3) is 5.91 Å². The summed E-state index contributed by atoms with van der Waals surface area (Å²) in [5.41, 5.74) is 1.55. The third-order valence-electron chi connectivity index (χ3n) is 2.80. The van der Waals surface area contributed by atoms with Crippen molar-refractivity contribution in [1.82, 2.24) is 5.32 Å². The summed E-state index contributed by atoms with van der Waals surface area (Å²) >= 11 is 11.7. The minimum absolute atomic E-state index is 0.0938. The van der Waals surface area contributed by atoms with Crippen molar-refractivity contribution in [3.05, 3.63) is 69.7 Å². The highest BCUT2D eigenvalue weighted by Crippen LogP contribution is 2.17. The predicted molar refractivity (Wildman–Crippen MR) is 78.8 cm³/mol. The fourth-order valence-corrected chi connectivity index (χ4v) is 2.06.